The molecule has 0 saturated heterocycles. The number of aryl methyl sites for hydroxylation is 1. The Balaban J connectivity index is 3.01. The zero-order chi connectivity index (χ0) is 13.2. The highest BCUT2D eigenvalue weighted by Gasteiger charge is 2.27. The highest BCUT2D eigenvalue weighted by molar-refractivity contribution is 9.09. The second kappa shape index (κ2) is 5.40. The number of carbonyl (C=O) groups is 1. The molecule has 0 radical (unpaired) electrons. The van der Waals surface area contributed by atoms with Gasteiger partial charge in [-0.25, -0.2) is 0 Å². The Bertz CT molecular complexity index is 431. The second-order valence-corrected chi connectivity index (χ2v) is 5.74. The van der Waals surface area contributed by atoms with E-state index in [2.05, 4.69) is 15.9 Å². The molecule has 2 nitrogen and oxygen atoms in total. The first-order chi connectivity index (χ1) is 7.79. The van der Waals surface area contributed by atoms with Crippen molar-refractivity contribution in [1.29, 1.82) is 0 Å². The molecule has 1 aromatic rings. The third-order valence-electron chi connectivity index (χ3n) is 2.94. The summed E-state index contributed by atoms with van der Waals surface area (Å²) in [4.78, 5) is 14.0. The largest absolute Gasteiger partial charge is 0.336 e. The molecule has 0 unspecified atom stereocenters. The molecule has 0 fully saturated rings. The smallest absolute Gasteiger partial charge is 0.254 e. The van der Waals surface area contributed by atoms with Crippen molar-refractivity contribution in [3.05, 3.63) is 34.3 Å². The number of hydrogen-bond acceptors (Lipinski definition) is 1. The van der Waals surface area contributed by atoms with Crippen molar-refractivity contribution in [2.24, 2.45) is 0 Å². The SMILES string of the molecule is Cc1cc(C(=O)N(C)C(C)(C)CBr)ccc1Cl. The van der Waals surface area contributed by atoms with E-state index in [1.807, 2.05) is 33.9 Å². The van der Waals surface area contributed by atoms with Crippen LogP contribution in [0.1, 0.15) is 29.8 Å². The van der Waals surface area contributed by atoms with Crippen LogP contribution in [0.3, 0.4) is 0 Å². The highest BCUT2D eigenvalue weighted by atomic mass is 79.9. The molecule has 0 aliphatic rings. The summed E-state index contributed by atoms with van der Waals surface area (Å²) in [6.07, 6.45) is 0. The minimum atomic E-state index is -0.218. The first kappa shape index (κ1) is 14.5. The van der Waals surface area contributed by atoms with E-state index in [1.54, 1.807) is 17.0 Å². The number of alkyl halides is 1. The van der Waals surface area contributed by atoms with Crippen LogP contribution in [0.15, 0.2) is 18.2 Å². The molecule has 0 bridgehead atoms. The molecule has 0 N–H and O–H groups in total. The molecule has 0 aliphatic heterocycles. The van der Waals surface area contributed by atoms with E-state index in [-0.39, 0.29) is 11.4 Å². The van der Waals surface area contributed by atoms with Crippen molar-refractivity contribution in [3.8, 4) is 0 Å². The molecule has 94 valence electrons. The van der Waals surface area contributed by atoms with Crippen LogP contribution in [0, 0.1) is 6.92 Å². The fourth-order valence-corrected chi connectivity index (χ4v) is 1.83. The Kier molecular flexibility index (Phi) is 4.62. The third kappa shape index (κ3) is 3.23. The highest BCUT2D eigenvalue weighted by Crippen LogP contribution is 2.21. The lowest BCUT2D eigenvalue weighted by molar-refractivity contribution is 0.0663. The van der Waals surface area contributed by atoms with Gasteiger partial charge >= 0.3 is 0 Å². The van der Waals surface area contributed by atoms with Crippen molar-refractivity contribution in [1.82, 2.24) is 4.90 Å². The number of rotatable bonds is 3. The number of nitrogens with zero attached hydrogens (tertiary/aromatic N) is 1. The van der Waals surface area contributed by atoms with Gasteiger partial charge in [-0.15, -0.1) is 0 Å². The molecule has 4 heteroatoms. The molecule has 1 rings (SSSR count). The average Bonchev–Trinajstić information content (AvgIpc) is 2.30. The van der Waals surface area contributed by atoms with E-state index < -0.39 is 0 Å². The lowest BCUT2D eigenvalue weighted by Crippen LogP contribution is -2.46. The van der Waals surface area contributed by atoms with Gasteiger partial charge in [-0.1, -0.05) is 27.5 Å². The number of benzene rings is 1. The maximum atomic E-state index is 12.3. The zero-order valence-electron chi connectivity index (χ0n) is 10.6. The zero-order valence-corrected chi connectivity index (χ0v) is 12.9. The van der Waals surface area contributed by atoms with Crippen LogP contribution in [-0.2, 0) is 0 Å². The van der Waals surface area contributed by atoms with Crippen molar-refractivity contribution >= 4 is 33.4 Å². The molecule has 17 heavy (non-hydrogen) atoms. The Hall–Kier alpha value is -0.540. The summed E-state index contributed by atoms with van der Waals surface area (Å²) in [7, 11) is 1.81. The lowest BCUT2D eigenvalue weighted by Gasteiger charge is -2.34. The van der Waals surface area contributed by atoms with Crippen molar-refractivity contribution in [2.45, 2.75) is 26.3 Å². The standard InChI is InChI=1S/C13H17BrClNO/c1-9-7-10(5-6-11(9)15)12(17)16(4)13(2,3)8-14/h5-7H,8H2,1-4H3. The van der Waals surface area contributed by atoms with E-state index in [0.29, 0.717) is 10.6 Å². The molecule has 1 amide bonds. The van der Waals surface area contributed by atoms with Gasteiger partial charge < -0.3 is 4.90 Å². The molecular formula is C13H17BrClNO. The molecule has 1 aromatic carbocycles. The summed E-state index contributed by atoms with van der Waals surface area (Å²) in [5, 5.41) is 1.42. The summed E-state index contributed by atoms with van der Waals surface area (Å²) in [6, 6.07) is 5.35. The summed E-state index contributed by atoms with van der Waals surface area (Å²) >= 11 is 9.37. The Morgan fingerprint density at radius 2 is 2.06 bits per heavy atom. The Labute approximate surface area is 116 Å². The van der Waals surface area contributed by atoms with E-state index in [1.165, 1.54) is 0 Å². The van der Waals surface area contributed by atoms with E-state index in [0.717, 1.165) is 10.9 Å². The number of amides is 1. The molecule has 0 aromatic heterocycles. The van der Waals surface area contributed by atoms with Crippen LogP contribution in [0.5, 0.6) is 0 Å². The maximum Gasteiger partial charge on any atom is 0.254 e. The van der Waals surface area contributed by atoms with E-state index >= 15 is 0 Å². The van der Waals surface area contributed by atoms with Crippen molar-refractivity contribution < 1.29 is 4.79 Å². The number of halogens is 2. The van der Waals surface area contributed by atoms with Crippen LogP contribution in [0.25, 0.3) is 0 Å². The summed E-state index contributed by atoms with van der Waals surface area (Å²) in [5.41, 5.74) is 1.37. The minimum Gasteiger partial charge on any atom is -0.336 e. The first-order valence-electron chi connectivity index (χ1n) is 5.40. The number of hydrogen-bond donors (Lipinski definition) is 0. The van der Waals surface area contributed by atoms with Crippen molar-refractivity contribution in [3.63, 3.8) is 0 Å². The van der Waals surface area contributed by atoms with E-state index in [9.17, 15) is 4.79 Å². The summed E-state index contributed by atoms with van der Waals surface area (Å²) < 4.78 is 0. The van der Waals surface area contributed by atoms with Gasteiger partial charge in [-0.3, -0.25) is 4.79 Å². The molecule has 0 aliphatic carbocycles. The third-order valence-corrected chi connectivity index (χ3v) is 4.74. The fraction of sp³-hybridized carbons (Fsp3) is 0.462. The van der Waals surface area contributed by atoms with Crippen LogP contribution in [0.2, 0.25) is 5.02 Å². The monoisotopic (exact) mass is 317 g/mol. The van der Waals surface area contributed by atoms with Gasteiger partial charge in [0.25, 0.3) is 5.91 Å². The van der Waals surface area contributed by atoms with Crippen LogP contribution in [-0.4, -0.2) is 28.7 Å². The summed E-state index contributed by atoms with van der Waals surface area (Å²) in [5.74, 6) is 0.00853. The molecule has 0 atom stereocenters. The van der Waals surface area contributed by atoms with Gasteiger partial charge in [-0.05, 0) is 44.5 Å². The quantitative estimate of drug-likeness (QED) is 0.774. The molecule has 0 saturated carbocycles. The van der Waals surface area contributed by atoms with Gasteiger partial charge in [0.1, 0.15) is 0 Å². The van der Waals surface area contributed by atoms with Gasteiger partial charge in [0.15, 0.2) is 0 Å². The predicted molar refractivity (Wildman–Crippen MR) is 76.2 cm³/mol. The Morgan fingerprint density at radius 1 is 1.47 bits per heavy atom. The van der Waals surface area contributed by atoms with Gasteiger partial charge in [-0.2, -0.15) is 0 Å². The van der Waals surface area contributed by atoms with Crippen LogP contribution in [0.4, 0.5) is 0 Å². The van der Waals surface area contributed by atoms with Crippen LogP contribution < -0.4 is 0 Å². The predicted octanol–water partition coefficient (Wildman–Crippen LogP) is 3.89. The maximum absolute atomic E-state index is 12.3. The minimum absolute atomic E-state index is 0.00853. The Morgan fingerprint density at radius 3 is 2.53 bits per heavy atom. The first-order valence-corrected chi connectivity index (χ1v) is 6.90. The topological polar surface area (TPSA) is 20.3 Å². The fourth-order valence-electron chi connectivity index (χ4n) is 1.34. The molecule has 0 spiro atoms. The van der Waals surface area contributed by atoms with Gasteiger partial charge in [0, 0.05) is 28.5 Å². The van der Waals surface area contributed by atoms with E-state index in [4.69, 9.17) is 11.6 Å². The average molecular weight is 319 g/mol. The van der Waals surface area contributed by atoms with Crippen LogP contribution >= 0.6 is 27.5 Å². The molecule has 0 heterocycles. The van der Waals surface area contributed by atoms with Crippen molar-refractivity contribution in [2.75, 3.05) is 12.4 Å². The van der Waals surface area contributed by atoms with Gasteiger partial charge in [0.2, 0.25) is 0 Å². The number of carbonyl (C=O) groups excluding carboxylic acids is 1. The normalized spacial score (nSPS) is 11.4. The molecular weight excluding hydrogens is 302 g/mol. The summed E-state index contributed by atoms with van der Waals surface area (Å²) in [6.45, 7) is 5.93. The van der Waals surface area contributed by atoms with Gasteiger partial charge in [0.05, 0.1) is 0 Å². The second-order valence-electron chi connectivity index (χ2n) is 4.77. The lowest BCUT2D eigenvalue weighted by atomic mass is 10.0.